The van der Waals surface area contributed by atoms with Gasteiger partial charge in [0.25, 0.3) is 10.1 Å². The lowest BCUT2D eigenvalue weighted by Gasteiger charge is -2.60. The lowest BCUT2D eigenvalue weighted by Crippen LogP contribution is -2.59. The lowest BCUT2D eigenvalue weighted by molar-refractivity contribution is -0.177. The van der Waals surface area contributed by atoms with Gasteiger partial charge in [0.2, 0.25) is 0 Å². The summed E-state index contributed by atoms with van der Waals surface area (Å²) in [5, 5.41) is 0. The van der Waals surface area contributed by atoms with E-state index in [1.54, 1.807) is 0 Å². The second-order valence-corrected chi connectivity index (χ2v) is 15.6. The first-order chi connectivity index (χ1) is 19.0. The topological polar surface area (TPSA) is 107 Å². The summed E-state index contributed by atoms with van der Waals surface area (Å²) in [5.74, 6) is 2.83. The molecular formula is C32H42O7S. The van der Waals surface area contributed by atoms with Gasteiger partial charge in [0.15, 0.2) is 0 Å². The highest BCUT2D eigenvalue weighted by atomic mass is 32.2. The van der Waals surface area contributed by atoms with E-state index < -0.39 is 38.2 Å². The van der Waals surface area contributed by atoms with Gasteiger partial charge in [-0.05, 0) is 143 Å². The monoisotopic (exact) mass is 570 g/mol. The van der Waals surface area contributed by atoms with Crippen molar-refractivity contribution in [3.05, 3.63) is 29.3 Å². The highest BCUT2D eigenvalue weighted by molar-refractivity contribution is 7.85. The average molecular weight is 571 g/mol. The minimum absolute atomic E-state index is 0.0284. The minimum atomic E-state index is -4.67. The first-order valence-electron chi connectivity index (χ1n) is 15.6. The summed E-state index contributed by atoms with van der Waals surface area (Å²) in [4.78, 5) is 26.9. The third-order valence-electron chi connectivity index (χ3n) is 12.4. The van der Waals surface area contributed by atoms with Gasteiger partial charge in [-0.1, -0.05) is 13.8 Å². The van der Waals surface area contributed by atoms with E-state index in [9.17, 15) is 22.6 Å². The molecule has 40 heavy (non-hydrogen) atoms. The molecule has 0 heterocycles. The van der Waals surface area contributed by atoms with Crippen LogP contribution in [-0.4, -0.2) is 36.1 Å². The van der Waals surface area contributed by atoms with E-state index in [2.05, 4.69) is 13.8 Å². The van der Waals surface area contributed by atoms with Crippen molar-refractivity contribution in [2.45, 2.75) is 107 Å². The van der Waals surface area contributed by atoms with E-state index in [1.165, 1.54) is 18.9 Å². The average Bonchev–Trinajstić information content (AvgIpc) is 2.91. The molecule has 8 bridgehead atoms. The van der Waals surface area contributed by atoms with Crippen LogP contribution in [0.15, 0.2) is 23.1 Å². The Morgan fingerprint density at radius 3 is 1.27 bits per heavy atom. The summed E-state index contributed by atoms with van der Waals surface area (Å²) in [6.45, 7) is 4.14. The maximum Gasteiger partial charge on any atom is 0.338 e. The molecule has 218 valence electrons. The Hall–Kier alpha value is -1.93. The summed E-state index contributed by atoms with van der Waals surface area (Å²) in [6.07, 6.45) is 12.5. The summed E-state index contributed by atoms with van der Waals surface area (Å²) in [6, 6.07) is 3.66. The molecule has 7 nitrogen and oxygen atoms in total. The highest BCUT2D eigenvalue weighted by Crippen LogP contribution is 2.62. The van der Waals surface area contributed by atoms with Crippen LogP contribution in [0.25, 0.3) is 0 Å². The van der Waals surface area contributed by atoms with Crippen LogP contribution in [0.2, 0.25) is 0 Å². The molecule has 1 N–H and O–H groups in total. The van der Waals surface area contributed by atoms with E-state index in [1.807, 2.05) is 0 Å². The van der Waals surface area contributed by atoms with Gasteiger partial charge in [-0.25, -0.2) is 9.59 Å². The standard InChI is InChI=1S/C32H42O7S/c1-3-31(24-7-18-5-19(9-24)10-25(31)8-18)38-29(33)22-15-23(17-28(16-22)40(35,36)37)30(34)39-32(4-2)26-11-20-6-21(13-26)14-27(32)12-20/h15-21,24-27H,3-14H2,1-2H3,(H,35,36,37). The molecule has 8 heteroatoms. The van der Waals surface area contributed by atoms with Crippen LogP contribution >= 0.6 is 0 Å². The van der Waals surface area contributed by atoms with Crippen molar-refractivity contribution in [3.8, 4) is 0 Å². The van der Waals surface area contributed by atoms with Crippen molar-refractivity contribution in [1.29, 1.82) is 0 Å². The first kappa shape index (κ1) is 26.9. The Kier molecular flexibility index (Phi) is 6.25. The number of hydrogen-bond donors (Lipinski definition) is 1. The number of carbonyl (C=O) groups is 2. The zero-order valence-electron chi connectivity index (χ0n) is 23.6. The van der Waals surface area contributed by atoms with Crippen molar-refractivity contribution in [3.63, 3.8) is 0 Å². The molecule has 0 atom stereocenters. The third-order valence-corrected chi connectivity index (χ3v) is 13.2. The molecule has 8 aliphatic carbocycles. The largest absolute Gasteiger partial charge is 0.455 e. The van der Waals surface area contributed by atoms with Gasteiger partial charge in [0, 0.05) is 0 Å². The van der Waals surface area contributed by atoms with Crippen LogP contribution < -0.4 is 0 Å². The quantitative estimate of drug-likeness (QED) is 0.296. The number of rotatable bonds is 7. The van der Waals surface area contributed by atoms with Crippen LogP contribution in [0.4, 0.5) is 0 Å². The summed E-state index contributed by atoms with van der Waals surface area (Å²) in [5.41, 5.74) is -1.18. The highest BCUT2D eigenvalue weighted by Gasteiger charge is 2.60. The number of esters is 2. The fourth-order valence-electron chi connectivity index (χ4n) is 11.0. The van der Waals surface area contributed by atoms with Crippen LogP contribution in [-0.2, 0) is 19.6 Å². The Morgan fingerprint density at radius 2 is 1.00 bits per heavy atom. The maximum absolute atomic E-state index is 13.7. The second kappa shape index (κ2) is 9.29. The lowest BCUT2D eigenvalue weighted by atomic mass is 9.49. The predicted molar refractivity (Wildman–Crippen MR) is 147 cm³/mol. The molecule has 1 aromatic carbocycles. The van der Waals surface area contributed by atoms with Crippen molar-refractivity contribution in [1.82, 2.24) is 0 Å². The van der Waals surface area contributed by atoms with Crippen molar-refractivity contribution < 1.29 is 32.0 Å². The molecule has 8 fully saturated rings. The molecule has 0 amide bonds. The molecule has 0 unspecified atom stereocenters. The van der Waals surface area contributed by atoms with E-state index in [0.29, 0.717) is 60.2 Å². The number of benzene rings is 1. The fraction of sp³-hybridized carbons (Fsp3) is 0.750. The molecule has 0 spiro atoms. The van der Waals surface area contributed by atoms with Gasteiger partial charge >= 0.3 is 11.9 Å². The van der Waals surface area contributed by atoms with E-state index in [-0.39, 0.29) is 11.1 Å². The van der Waals surface area contributed by atoms with Gasteiger partial charge in [-0.2, -0.15) is 8.42 Å². The molecule has 8 saturated carbocycles. The molecule has 0 aromatic heterocycles. The maximum atomic E-state index is 13.7. The SMILES string of the molecule is CCC1(OC(=O)c2cc(C(=O)OC3(CC)C4CC5CC(C4)CC3C5)cc(S(=O)(=O)O)c2)C2CC3CC(C2)CC1C3. The molecule has 0 aliphatic heterocycles. The normalized spacial score (nSPS) is 42.7. The van der Waals surface area contributed by atoms with Crippen molar-refractivity contribution >= 4 is 22.1 Å². The summed E-state index contributed by atoms with van der Waals surface area (Å²) in [7, 11) is -4.67. The van der Waals surface area contributed by atoms with Gasteiger partial charge in [-0.15, -0.1) is 0 Å². The Bertz CT molecular complexity index is 1190. The van der Waals surface area contributed by atoms with Crippen LogP contribution in [0.1, 0.15) is 112 Å². The number of carbonyl (C=O) groups excluding carboxylic acids is 2. The van der Waals surface area contributed by atoms with E-state index in [0.717, 1.165) is 63.5 Å². The first-order valence-corrected chi connectivity index (χ1v) is 17.1. The van der Waals surface area contributed by atoms with Crippen LogP contribution in [0.3, 0.4) is 0 Å². The zero-order valence-corrected chi connectivity index (χ0v) is 24.5. The molecular weight excluding hydrogens is 528 g/mol. The van der Waals surface area contributed by atoms with Gasteiger partial charge in [0.05, 0.1) is 16.0 Å². The third kappa shape index (κ3) is 4.10. The van der Waals surface area contributed by atoms with Crippen molar-refractivity contribution in [2.24, 2.45) is 47.3 Å². The summed E-state index contributed by atoms with van der Waals surface area (Å²) < 4.78 is 47.1. The molecule has 0 saturated heterocycles. The second-order valence-electron chi connectivity index (χ2n) is 14.2. The molecule has 1 aromatic rings. The van der Waals surface area contributed by atoms with Crippen LogP contribution in [0, 0.1) is 47.3 Å². The van der Waals surface area contributed by atoms with Crippen molar-refractivity contribution in [2.75, 3.05) is 0 Å². The number of ether oxygens (including phenoxy) is 2. The minimum Gasteiger partial charge on any atom is -0.455 e. The van der Waals surface area contributed by atoms with E-state index >= 15 is 0 Å². The zero-order chi connectivity index (χ0) is 28.0. The van der Waals surface area contributed by atoms with Gasteiger partial charge in [0.1, 0.15) is 11.2 Å². The Labute approximate surface area is 237 Å². The fourth-order valence-corrected chi connectivity index (χ4v) is 11.6. The van der Waals surface area contributed by atoms with Crippen LogP contribution in [0.5, 0.6) is 0 Å². The van der Waals surface area contributed by atoms with Gasteiger partial charge < -0.3 is 9.47 Å². The number of hydrogen-bond acceptors (Lipinski definition) is 6. The molecule has 0 radical (unpaired) electrons. The molecule has 8 aliphatic rings. The summed E-state index contributed by atoms with van der Waals surface area (Å²) >= 11 is 0. The van der Waals surface area contributed by atoms with E-state index in [4.69, 9.17) is 9.47 Å². The Balaban J connectivity index is 1.19. The molecule has 9 rings (SSSR count). The Morgan fingerprint density at radius 1 is 0.675 bits per heavy atom. The smallest absolute Gasteiger partial charge is 0.338 e. The predicted octanol–water partition coefficient (Wildman–Crippen LogP) is 6.46. The van der Waals surface area contributed by atoms with Gasteiger partial charge in [-0.3, -0.25) is 4.55 Å².